The fourth-order valence-corrected chi connectivity index (χ4v) is 2.85. The van der Waals surface area contributed by atoms with Gasteiger partial charge >= 0.3 is 5.97 Å². The predicted molar refractivity (Wildman–Crippen MR) is 92.3 cm³/mol. The first kappa shape index (κ1) is 18.4. The van der Waals surface area contributed by atoms with Crippen molar-refractivity contribution in [2.24, 2.45) is 5.73 Å². The Labute approximate surface area is 147 Å². The molecule has 132 valence electrons. The number of rotatable bonds is 5. The Balaban J connectivity index is 2.71. The first-order valence-corrected chi connectivity index (χ1v) is 8.13. The monoisotopic (exact) mass is 342 g/mol. The van der Waals surface area contributed by atoms with Crippen molar-refractivity contribution in [1.29, 1.82) is 5.26 Å². The summed E-state index contributed by atoms with van der Waals surface area (Å²) in [4.78, 5) is 12.5. The molecule has 2 rings (SSSR count). The largest absolute Gasteiger partial charge is 0.494 e. The number of benzene rings is 1. The van der Waals surface area contributed by atoms with Crippen LogP contribution in [0.4, 0.5) is 0 Å². The zero-order valence-corrected chi connectivity index (χ0v) is 14.9. The molecule has 0 radical (unpaired) electrons. The second-order valence-electron chi connectivity index (χ2n) is 5.59. The summed E-state index contributed by atoms with van der Waals surface area (Å²) in [6.45, 7) is 7.83. The van der Waals surface area contributed by atoms with Gasteiger partial charge in [-0.15, -0.1) is 0 Å². The van der Waals surface area contributed by atoms with Crippen LogP contribution in [0.15, 0.2) is 41.0 Å². The molecule has 1 heterocycles. The molecule has 1 atom stereocenters. The van der Waals surface area contributed by atoms with Crippen LogP contribution in [-0.4, -0.2) is 19.2 Å². The van der Waals surface area contributed by atoms with Crippen LogP contribution in [0, 0.1) is 18.3 Å². The van der Waals surface area contributed by atoms with Gasteiger partial charge in [0.05, 0.1) is 24.7 Å². The number of nitrogens with two attached hydrogens (primary N) is 1. The molecule has 0 bridgehead atoms. The molecule has 0 saturated heterocycles. The van der Waals surface area contributed by atoms with Crippen molar-refractivity contribution in [3.05, 3.63) is 52.1 Å². The number of allylic oxidation sites excluding steroid dienone is 2. The number of nitriles is 1. The molecule has 0 fully saturated rings. The van der Waals surface area contributed by atoms with Crippen molar-refractivity contribution in [3.63, 3.8) is 0 Å². The molecule has 0 aliphatic carbocycles. The molecule has 6 nitrogen and oxygen atoms in total. The van der Waals surface area contributed by atoms with Gasteiger partial charge in [0.15, 0.2) is 0 Å². The van der Waals surface area contributed by atoms with Gasteiger partial charge in [-0.25, -0.2) is 4.79 Å². The number of aryl methyl sites for hydroxylation is 1. The lowest BCUT2D eigenvalue weighted by Gasteiger charge is -2.28. The highest BCUT2D eigenvalue weighted by atomic mass is 16.5. The molecular weight excluding hydrogens is 320 g/mol. The van der Waals surface area contributed by atoms with Gasteiger partial charge in [-0.1, -0.05) is 17.7 Å². The molecule has 6 heteroatoms. The van der Waals surface area contributed by atoms with Gasteiger partial charge in [0.1, 0.15) is 23.2 Å². The molecule has 25 heavy (non-hydrogen) atoms. The second-order valence-corrected chi connectivity index (χ2v) is 5.59. The summed E-state index contributed by atoms with van der Waals surface area (Å²) in [5.74, 6) is -0.325. The maximum absolute atomic E-state index is 12.5. The molecule has 0 amide bonds. The maximum atomic E-state index is 12.5. The minimum Gasteiger partial charge on any atom is -0.494 e. The van der Waals surface area contributed by atoms with E-state index in [1.54, 1.807) is 13.8 Å². The zero-order valence-electron chi connectivity index (χ0n) is 14.9. The summed E-state index contributed by atoms with van der Waals surface area (Å²) >= 11 is 0. The van der Waals surface area contributed by atoms with Crippen LogP contribution in [-0.2, 0) is 14.3 Å². The Bertz CT molecular complexity index is 787. The average Bonchev–Trinajstić information content (AvgIpc) is 2.56. The number of nitrogens with zero attached hydrogens (tertiary/aromatic N) is 1. The quantitative estimate of drug-likeness (QED) is 0.827. The molecule has 1 aromatic carbocycles. The van der Waals surface area contributed by atoms with E-state index in [9.17, 15) is 10.1 Å². The lowest BCUT2D eigenvalue weighted by molar-refractivity contribution is -0.139. The van der Waals surface area contributed by atoms with Crippen molar-refractivity contribution in [1.82, 2.24) is 0 Å². The van der Waals surface area contributed by atoms with Crippen LogP contribution in [0.1, 0.15) is 37.8 Å². The van der Waals surface area contributed by atoms with E-state index in [-0.39, 0.29) is 23.6 Å². The Morgan fingerprint density at radius 3 is 2.64 bits per heavy atom. The fraction of sp³-hybridized carbons (Fsp3) is 0.368. The normalized spacial score (nSPS) is 17.0. The first-order valence-electron chi connectivity index (χ1n) is 8.13. The topological polar surface area (TPSA) is 94.6 Å². The lowest BCUT2D eigenvalue weighted by Crippen LogP contribution is -2.26. The molecule has 1 aliphatic rings. The zero-order chi connectivity index (χ0) is 18.6. The fourth-order valence-electron chi connectivity index (χ4n) is 2.85. The van der Waals surface area contributed by atoms with Crippen molar-refractivity contribution in [3.8, 4) is 11.8 Å². The highest BCUT2D eigenvalue weighted by Crippen LogP contribution is 2.43. The second kappa shape index (κ2) is 7.75. The lowest BCUT2D eigenvalue weighted by atomic mass is 9.82. The van der Waals surface area contributed by atoms with Gasteiger partial charge in [0.25, 0.3) is 0 Å². The minimum atomic E-state index is -0.695. The minimum absolute atomic E-state index is 0.0120. The van der Waals surface area contributed by atoms with E-state index in [4.69, 9.17) is 19.9 Å². The van der Waals surface area contributed by atoms with E-state index in [0.717, 1.165) is 5.56 Å². The predicted octanol–water partition coefficient (Wildman–Crippen LogP) is 3.04. The molecule has 2 N–H and O–H groups in total. The third-order valence-electron chi connectivity index (χ3n) is 3.88. The molecular formula is C19H22N2O4. The highest BCUT2D eigenvalue weighted by Gasteiger charge is 2.37. The third-order valence-corrected chi connectivity index (χ3v) is 3.88. The maximum Gasteiger partial charge on any atom is 0.338 e. The van der Waals surface area contributed by atoms with Crippen LogP contribution in [0.5, 0.6) is 5.75 Å². The number of hydrogen-bond acceptors (Lipinski definition) is 6. The van der Waals surface area contributed by atoms with Gasteiger partial charge < -0.3 is 19.9 Å². The highest BCUT2D eigenvalue weighted by molar-refractivity contribution is 5.92. The van der Waals surface area contributed by atoms with Gasteiger partial charge in [0.2, 0.25) is 5.88 Å². The van der Waals surface area contributed by atoms with Crippen molar-refractivity contribution >= 4 is 5.97 Å². The summed E-state index contributed by atoms with van der Waals surface area (Å²) < 4.78 is 16.3. The molecule has 1 aromatic rings. The van der Waals surface area contributed by atoms with E-state index >= 15 is 0 Å². The van der Waals surface area contributed by atoms with E-state index in [1.807, 2.05) is 32.0 Å². The van der Waals surface area contributed by atoms with Crippen LogP contribution in [0.25, 0.3) is 0 Å². The molecule has 1 unspecified atom stereocenters. The Morgan fingerprint density at radius 1 is 1.32 bits per heavy atom. The van der Waals surface area contributed by atoms with E-state index < -0.39 is 11.9 Å². The molecule has 0 aromatic heterocycles. The Hall–Kier alpha value is -2.94. The summed E-state index contributed by atoms with van der Waals surface area (Å²) in [5.41, 5.74) is 8.00. The van der Waals surface area contributed by atoms with E-state index in [2.05, 4.69) is 6.07 Å². The van der Waals surface area contributed by atoms with Gasteiger partial charge in [-0.05, 0) is 33.8 Å². The first-order chi connectivity index (χ1) is 11.9. The number of ether oxygens (including phenoxy) is 3. The smallest absolute Gasteiger partial charge is 0.338 e. The van der Waals surface area contributed by atoms with Crippen molar-refractivity contribution < 1.29 is 19.0 Å². The molecule has 0 spiro atoms. The number of carbonyl (C=O) groups is 1. The Morgan fingerprint density at radius 2 is 2.04 bits per heavy atom. The number of carbonyl (C=O) groups excluding carboxylic acids is 1. The van der Waals surface area contributed by atoms with E-state index in [1.165, 1.54) is 0 Å². The standard InChI is InChI=1S/C19H22N2O4/c1-5-23-15-8-7-11(3)9-13(15)17-14(10-20)18(21)25-12(4)16(17)19(22)24-6-2/h7-9,17H,5-6,21H2,1-4H3. The number of hydrogen-bond donors (Lipinski definition) is 1. The van der Waals surface area contributed by atoms with Gasteiger partial charge in [0, 0.05) is 5.56 Å². The van der Waals surface area contributed by atoms with Crippen LogP contribution in [0.3, 0.4) is 0 Å². The molecule has 1 aliphatic heterocycles. The van der Waals surface area contributed by atoms with Crippen molar-refractivity contribution in [2.75, 3.05) is 13.2 Å². The van der Waals surface area contributed by atoms with Gasteiger partial charge in [-0.3, -0.25) is 0 Å². The Kier molecular flexibility index (Phi) is 5.71. The summed E-state index contributed by atoms with van der Waals surface area (Å²) in [5, 5.41) is 9.62. The van der Waals surface area contributed by atoms with Crippen molar-refractivity contribution in [2.45, 2.75) is 33.6 Å². The molecule has 0 saturated carbocycles. The summed E-state index contributed by atoms with van der Waals surface area (Å²) in [6, 6.07) is 7.69. The van der Waals surface area contributed by atoms with Crippen LogP contribution in [0.2, 0.25) is 0 Å². The average molecular weight is 342 g/mol. The van der Waals surface area contributed by atoms with Gasteiger partial charge in [-0.2, -0.15) is 5.26 Å². The third kappa shape index (κ3) is 3.61. The summed E-state index contributed by atoms with van der Waals surface area (Å²) in [6.07, 6.45) is 0. The SMILES string of the molecule is CCOC(=O)C1=C(C)OC(N)=C(C#N)C1c1cc(C)ccc1OCC. The number of esters is 1. The summed E-state index contributed by atoms with van der Waals surface area (Å²) in [7, 11) is 0. The van der Waals surface area contributed by atoms with Crippen LogP contribution >= 0.6 is 0 Å². The van der Waals surface area contributed by atoms with Crippen LogP contribution < -0.4 is 10.5 Å². The van der Waals surface area contributed by atoms with E-state index in [0.29, 0.717) is 23.7 Å².